The van der Waals surface area contributed by atoms with Gasteiger partial charge in [-0.15, -0.1) is 0 Å². The van der Waals surface area contributed by atoms with Crippen LogP contribution in [0.3, 0.4) is 0 Å². The maximum atomic E-state index is 6.31. The molecule has 0 atom stereocenters. The summed E-state index contributed by atoms with van der Waals surface area (Å²) in [6.07, 6.45) is 7.01. The third-order valence-electron chi connectivity index (χ3n) is 4.99. The van der Waals surface area contributed by atoms with Gasteiger partial charge in [0.2, 0.25) is 0 Å². The fourth-order valence-electron chi connectivity index (χ4n) is 3.33. The predicted molar refractivity (Wildman–Crippen MR) is 103 cm³/mol. The number of nitrogens with zero attached hydrogens (tertiary/aromatic N) is 1. The summed E-state index contributed by atoms with van der Waals surface area (Å²) in [5, 5.41) is 1.33. The van der Waals surface area contributed by atoms with Crippen LogP contribution in [0.2, 0.25) is 36.4 Å². The first-order valence-electron chi connectivity index (χ1n) is 9.12. The topological polar surface area (TPSA) is 16.4 Å². The zero-order chi connectivity index (χ0) is 16.2. The van der Waals surface area contributed by atoms with Crippen molar-refractivity contribution in [2.75, 3.05) is 19.6 Å². The molecule has 1 aromatic heterocycles. The molecule has 0 radical (unpaired) electrons. The van der Waals surface area contributed by atoms with E-state index in [1.54, 1.807) is 0 Å². The molecular weight excluding hydrogens is 347 g/mol. The molecule has 4 heteroatoms. The molecule has 0 bridgehead atoms. The Hall–Kier alpha value is -0.000260. The van der Waals surface area contributed by atoms with E-state index in [2.05, 4.69) is 47.4 Å². The van der Waals surface area contributed by atoms with E-state index in [4.69, 9.17) is 4.42 Å². The summed E-state index contributed by atoms with van der Waals surface area (Å²) >= 11 is -1.81. The molecule has 126 valence electrons. The second-order valence-electron chi connectivity index (χ2n) is 8.66. The summed E-state index contributed by atoms with van der Waals surface area (Å²) in [4.78, 5) is 2.69. The van der Waals surface area contributed by atoms with Crippen LogP contribution in [-0.4, -0.2) is 45.9 Å². The molecule has 1 saturated heterocycles. The van der Waals surface area contributed by atoms with Gasteiger partial charge in [-0.3, -0.25) is 0 Å². The molecular formula is C18H35GeNOSi. The molecule has 1 fully saturated rings. The van der Waals surface area contributed by atoms with Crippen LogP contribution in [0.25, 0.3) is 0 Å². The van der Waals surface area contributed by atoms with Gasteiger partial charge in [0.1, 0.15) is 0 Å². The van der Waals surface area contributed by atoms with Crippen molar-refractivity contribution in [2.24, 2.45) is 0 Å². The van der Waals surface area contributed by atoms with Crippen molar-refractivity contribution in [3.8, 4) is 0 Å². The zero-order valence-electron chi connectivity index (χ0n) is 15.4. The van der Waals surface area contributed by atoms with E-state index in [-0.39, 0.29) is 0 Å². The summed E-state index contributed by atoms with van der Waals surface area (Å²) in [7, 11) is -1.40. The Labute approximate surface area is 141 Å². The second kappa shape index (κ2) is 7.71. The minimum absolute atomic E-state index is 1.29. The van der Waals surface area contributed by atoms with Crippen molar-refractivity contribution in [3.05, 3.63) is 12.1 Å². The Morgan fingerprint density at radius 1 is 1.05 bits per heavy atom. The first-order valence-corrected chi connectivity index (χ1v) is 19.7. The van der Waals surface area contributed by atoms with Gasteiger partial charge < -0.3 is 0 Å². The summed E-state index contributed by atoms with van der Waals surface area (Å²) < 4.78 is 7.63. The Balaban J connectivity index is 1.86. The Morgan fingerprint density at radius 2 is 1.68 bits per heavy atom. The van der Waals surface area contributed by atoms with Crippen molar-refractivity contribution in [1.29, 1.82) is 0 Å². The van der Waals surface area contributed by atoms with Crippen LogP contribution in [0.15, 0.2) is 16.5 Å². The fraction of sp³-hybridized carbons (Fsp3) is 0.778. The molecule has 22 heavy (non-hydrogen) atoms. The second-order valence-corrected chi connectivity index (χ2v) is 23.9. The average Bonchev–Trinajstić information content (AvgIpc) is 2.80. The summed E-state index contributed by atoms with van der Waals surface area (Å²) in [5.74, 6) is 7.24. The predicted octanol–water partition coefficient (Wildman–Crippen LogP) is 4.01. The number of furan rings is 1. The quantitative estimate of drug-likeness (QED) is 0.692. The van der Waals surface area contributed by atoms with E-state index in [1.807, 2.05) is 0 Å². The summed E-state index contributed by atoms with van der Waals surface area (Å²) in [6.45, 7) is 8.90. The molecule has 0 unspecified atom stereocenters. The van der Waals surface area contributed by atoms with E-state index in [1.165, 1.54) is 67.8 Å². The third kappa shape index (κ3) is 5.27. The molecule has 2 rings (SSSR count). The monoisotopic (exact) mass is 383 g/mol. The first-order chi connectivity index (χ1) is 10.3. The third-order valence-corrected chi connectivity index (χ3v) is 11.9. The van der Waals surface area contributed by atoms with Crippen molar-refractivity contribution in [1.82, 2.24) is 4.90 Å². The van der Waals surface area contributed by atoms with Crippen molar-refractivity contribution in [2.45, 2.75) is 68.5 Å². The SMILES string of the molecule is C[Si](C)(CCCN1CCCCCC1)c1cc[c]([Ge]([CH3])([CH3])[CH3])o1. The molecule has 0 amide bonds. The van der Waals surface area contributed by atoms with Crippen LogP contribution in [-0.2, 0) is 0 Å². The van der Waals surface area contributed by atoms with Crippen LogP contribution >= 0.6 is 0 Å². The molecule has 1 aliphatic heterocycles. The van der Waals surface area contributed by atoms with Gasteiger partial charge >= 0.3 is 141 Å². The fourth-order valence-corrected chi connectivity index (χ4v) is 7.85. The van der Waals surface area contributed by atoms with Crippen molar-refractivity contribution < 1.29 is 4.42 Å². The average molecular weight is 382 g/mol. The molecule has 1 aliphatic rings. The van der Waals surface area contributed by atoms with Crippen molar-refractivity contribution in [3.63, 3.8) is 0 Å². The van der Waals surface area contributed by atoms with Gasteiger partial charge in [0, 0.05) is 0 Å². The molecule has 2 nitrogen and oxygen atoms in total. The normalized spacial score (nSPS) is 18.4. The molecule has 0 aliphatic carbocycles. The Bertz CT molecular complexity index is 456. The maximum absolute atomic E-state index is 6.31. The Kier molecular flexibility index (Phi) is 6.43. The Morgan fingerprint density at radius 3 is 2.23 bits per heavy atom. The number of hydrogen-bond donors (Lipinski definition) is 0. The summed E-state index contributed by atoms with van der Waals surface area (Å²) in [6, 6.07) is 5.93. The van der Waals surface area contributed by atoms with Gasteiger partial charge in [0.25, 0.3) is 0 Å². The first kappa shape index (κ1) is 18.3. The summed E-state index contributed by atoms with van der Waals surface area (Å²) in [5.41, 5.74) is 0. The number of rotatable bonds is 6. The van der Waals surface area contributed by atoms with Gasteiger partial charge in [-0.25, -0.2) is 0 Å². The molecule has 1 aromatic rings. The zero-order valence-corrected chi connectivity index (χ0v) is 18.5. The molecule has 0 spiro atoms. The van der Waals surface area contributed by atoms with Crippen molar-refractivity contribution >= 4 is 31.3 Å². The van der Waals surface area contributed by atoms with E-state index in [9.17, 15) is 0 Å². The van der Waals surface area contributed by atoms with Gasteiger partial charge in [0.05, 0.1) is 0 Å². The number of hydrogen-bond acceptors (Lipinski definition) is 2. The van der Waals surface area contributed by atoms with E-state index in [0.29, 0.717) is 0 Å². The standard InChI is InChI=1S/C18H35GeNOSi/c1-19(2,3)17-11-12-18(21-17)22(4,5)16-10-15-20-13-8-6-7-9-14-20/h11-12H,6-10,13-16H2,1-5H3. The van der Waals surface area contributed by atoms with Crippen LogP contribution in [0.5, 0.6) is 0 Å². The van der Waals surface area contributed by atoms with Gasteiger partial charge in [-0.05, 0) is 0 Å². The van der Waals surface area contributed by atoms with Crippen LogP contribution in [0.1, 0.15) is 32.1 Å². The molecule has 2 heterocycles. The molecule has 0 aromatic carbocycles. The minimum atomic E-state index is -1.81. The van der Waals surface area contributed by atoms with Crippen LogP contribution < -0.4 is 9.98 Å². The molecule has 0 saturated carbocycles. The van der Waals surface area contributed by atoms with Gasteiger partial charge in [-0.1, -0.05) is 0 Å². The van der Waals surface area contributed by atoms with Crippen LogP contribution in [0.4, 0.5) is 0 Å². The van der Waals surface area contributed by atoms with E-state index < -0.39 is 21.3 Å². The van der Waals surface area contributed by atoms with Crippen LogP contribution in [0, 0.1) is 0 Å². The number of likely N-dealkylation sites (tertiary alicyclic amines) is 1. The molecule has 0 N–H and O–H groups in total. The van der Waals surface area contributed by atoms with E-state index >= 15 is 0 Å². The van der Waals surface area contributed by atoms with Gasteiger partial charge in [-0.2, -0.15) is 0 Å². The van der Waals surface area contributed by atoms with Gasteiger partial charge in [0.15, 0.2) is 0 Å². The van der Waals surface area contributed by atoms with E-state index in [0.717, 1.165) is 0 Å².